The van der Waals surface area contributed by atoms with E-state index in [0.717, 1.165) is 23.6 Å². The molecule has 0 spiro atoms. The van der Waals surface area contributed by atoms with Crippen molar-refractivity contribution in [3.63, 3.8) is 0 Å². The summed E-state index contributed by atoms with van der Waals surface area (Å²) >= 11 is 0. The van der Waals surface area contributed by atoms with Crippen molar-refractivity contribution >= 4 is 22.5 Å². The second-order valence-corrected chi connectivity index (χ2v) is 9.56. The van der Waals surface area contributed by atoms with Crippen LogP contribution in [0.2, 0.25) is 0 Å². The number of carbonyl (C=O) groups is 1. The predicted octanol–water partition coefficient (Wildman–Crippen LogP) is 8.23. The monoisotopic (exact) mass is 529 g/mol. The Bertz CT molecular complexity index is 1030. The number of unbranched alkanes of at least 4 members (excludes halogenated alkanes) is 9. The Morgan fingerprint density at radius 3 is 1.74 bits per heavy atom. The number of benzene rings is 2. The molecule has 212 valence electrons. The predicted molar refractivity (Wildman–Crippen MR) is 154 cm³/mol. The number of hydrogen-bond acceptors (Lipinski definition) is 7. The molecule has 0 bridgehead atoms. The fourth-order valence-corrected chi connectivity index (χ4v) is 4.73. The Morgan fingerprint density at radius 2 is 1.21 bits per heavy atom. The van der Waals surface area contributed by atoms with Crippen LogP contribution in [-0.2, 0) is 9.63 Å². The Balaban J connectivity index is 2.33. The average Bonchev–Trinajstić information content (AvgIpc) is 2.94. The minimum Gasteiger partial charge on any atom is -0.496 e. The van der Waals surface area contributed by atoms with Crippen LogP contribution in [0.15, 0.2) is 23.4 Å². The molecule has 2 aromatic carbocycles. The van der Waals surface area contributed by atoms with Gasteiger partial charge in [-0.2, -0.15) is 0 Å². The Hall–Kier alpha value is -2.96. The van der Waals surface area contributed by atoms with Crippen molar-refractivity contribution in [3.8, 4) is 23.0 Å². The van der Waals surface area contributed by atoms with Gasteiger partial charge in [-0.25, -0.2) is 4.79 Å². The molecule has 0 radical (unpaired) electrons. The molecule has 2 rings (SSSR count). The minimum atomic E-state index is -0.348. The fourth-order valence-electron chi connectivity index (χ4n) is 4.73. The van der Waals surface area contributed by atoms with Crippen molar-refractivity contribution in [2.45, 2.75) is 97.3 Å². The lowest BCUT2D eigenvalue weighted by Gasteiger charge is -2.19. The van der Waals surface area contributed by atoms with Crippen LogP contribution in [-0.4, -0.2) is 40.1 Å². The van der Waals surface area contributed by atoms with Gasteiger partial charge in [-0.3, -0.25) is 0 Å². The van der Waals surface area contributed by atoms with Crippen LogP contribution in [0, 0.1) is 0 Å². The van der Waals surface area contributed by atoms with Crippen molar-refractivity contribution < 1.29 is 28.6 Å². The molecule has 0 N–H and O–H groups in total. The van der Waals surface area contributed by atoms with Crippen molar-refractivity contribution in [1.82, 2.24) is 0 Å². The number of ether oxygens (including phenoxy) is 4. The molecular formula is C31H47NO6. The van der Waals surface area contributed by atoms with Gasteiger partial charge in [0, 0.05) is 12.0 Å². The number of methoxy groups -OCH3 is 4. The van der Waals surface area contributed by atoms with Crippen LogP contribution >= 0.6 is 0 Å². The maximum Gasteiger partial charge on any atom is 0.335 e. The van der Waals surface area contributed by atoms with Gasteiger partial charge in [-0.05, 0) is 37.5 Å². The second kappa shape index (κ2) is 17.5. The number of fused-ring (bicyclic) bond motifs is 1. The molecule has 0 saturated carbocycles. The summed E-state index contributed by atoms with van der Waals surface area (Å²) in [6.45, 7) is 4.19. The zero-order chi connectivity index (χ0) is 27.8. The highest BCUT2D eigenvalue weighted by molar-refractivity contribution is 6.12. The zero-order valence-corrected chi connectivity index (χ0v) is 24.3. The van der Waals surface area contributed by atoms with Crippen LogP contribution in [0.5, 0.6) is 23.0 Å². The van der Waals surface area contributed by atoms with E-state index < -0.39 is 0 Å². The first kappa shape index (κ1) is 31.3. The summed E-state index contributed by atoms with van der Waals surface area (Å²) in [5.74, 6) is 2.10. The Labute approximate surface area is 228 Å². The van der Waals surface area contributed by atoms with Gasteiger partial charge >= 0.3 is 5.97 Å². The van der Waals surface area contributed by atoms with E-state index in [1.54, 1.807) is 28.4 Å². The van der Waals surface area contributed by atoms with Crippen LogP contribution < -0.4 is 18.9 Å². The molecule has 0 aromatic heterocycles. The van der Waals surface area contributed by atoms with E-state index >= 15 is 0 Å². The fraction of sp³-hybridized carbons (Fsp3) is 0.613. The van der Waals surface area contributed by atoms with E-state index in [1.807, 2.05) is 25.1 Å². The third-order valence-electron chi connectivity index (χ3n) is 6.78. The molecule has 7 heteroatoms. The molecular weight excluding hydrogens is 482 g/mol. The molecule has 0 aliphatic rings. The van der Waals surface area contributed by atoms with Gasteiger partial charge in [-0.15, -0.1) is 0 Å². The first-order valence-electron chi connectivity index (χ1n) is 14.1. The Kier molecular flexibility index (Phi) is 14.4. The van der Waals surface area contributed by atoms with Gasteiger partial charge in [-0.1, -0.05) is 76.8 Å². The lowest BCUT2D eigenvalue weighted by atomic mass is 9.96. The molecule has 38 heavy (non-hydrogen) atoms. The van der Waals surface area contributed by atoms with Gasteiger partial charge in [0.05, 0.1) is 44.9 Å². The van der Waals surface area contributed by atoms with Crippen LogP contribution in [0.3, 0.4) is 0 Å². The number of hydrogen-bond donors (Lipinski definition) is 0. The molecule has 0 unspecified atom stereocenters. The lowest BCUT2D eigenvalue weighted by Crippen LogP contribution is -2.09. The van der Waals surface area contributed by atoms with E-state index in [0.29, 0.717) is 53.5 Å². The smallest absolute Gasteiger partial charge is 0.335 e. The largest absolute Gasteiger partial charge is 0.496 e. The van der Waals surface area contributed by atoms with Crippen LogP contribution in [0.1, 0.15) is 103 Å². The lowest BCUT2D eigenvalue weighted by molar-refractivity contribution is -0.143. The summed E-state index contributed by atoms with van der Waals surface area (Å²) in [4.78, 5) is 17.5. The number of carbonyl (C=O) groups excluding carboxylic acids is 1. The average molecular weight is 530 g/mol. The number of rotatable bonds is 19. The van der Waals surface area contributed by atoms with E-state index in [2.05, 4.69) is 12.1 Å². The normalized spacial score (nSPS) is 11.5. The molecule has 0 heterocycles. The quantitative estimate of drug-likeness (QED) is 0.0789. The maximum atomic E-state index is 12.2. The minimum absolute atomic E-state index is 0.318. The van der Waals surface area contributed by atoms with Crippen LogP contribution in [0.25, 0.3) is 10.8 Å². The summed E-state index contributed by atoms with van der Waals surface area (Å²) in [6, 6.07) is 5.56. The summed E-state index contributed by atoms with van der Waals surface area (Å²) in [5, 5.41) is 5.80. The first-order chi connectivity index (χ1) is 18.6. The molecule has 0 aliphatic heterocycles. The third kappa shape index (κ3) is 8.81. The molecule has 0 atom stereocenters. The molecule has 0 saturated heterocycles. The highest BCUT2D eigenvalue weighted by Gasteiger charge is 2.24. The topological polar surface area (TPSA) is 75.6 Å². The molecule has 2 aromatic rings. The first-order valence-corrected chi connectivity index (χ1v) is 14.1. The van der Waals surface area contributed by atoms with E-state index in [-0.39, 0.29) is 5.97 Å². The van der Waals surface area contributed by atoms with Gasteiger partial charge in [0.25, 0.3) is 0 Å². The summed E-state index contributed by atoms with van der Waals surface area (Å²) < 4.78 is 23.0. The molecule has 7 nitrogen and oxygen atoms in total. The van der Waals surface area contributed by atoms with Crippen molar-refractivity contribution in [2.75, 3.05) is 28.4 Å². The van der Waals surface area contributed by atoms with E-state index in [9.17, 15) is 4.79 Å². The van der Waals surface area contributed by atoms with Crippen molar-refractivity contribution in [3.05, 3.63) is 23.8 Å². The second-order valence-electron chi connectivity index (χ2n) is 9.56. The summed E-state index contributed by atoms with van der Waals surface area (Å²) in [6.07, 6.45) is 14.0. The Morgan fingerprint density at radius 1 is 0.658 bits per heavy atom. The van der Waals surface area contributed by atoms with Crippen molar-refractivity contribution in [2.24, 2.45) is 5.16 Å². The van der Waals surface area contributed by atoms with Gasteiger partial charge in [0.15, 0.2) is 0 Å². The molecule has 0 amide bonds. The summed E-state index contributed by atoms with van der Waals surface area (Å²) in [5.41, 5.74) is 1.36. The SMILES string of the molecule is CCCCCCCCCCCCC(=NOC(=O)CCC)c1cc(OC)c2c(OC)ccc(OC)c2c1OC. The van der Waals surface area contributed by atoms with Gasteiger partial charge in [0.1, 0.15) is 23.0 Å². The van der Waals surface area contributed by atoms with E-state index in [1.165, 1.54) is 51.4 Å². The highest BCUT2D eigenvalue weighted by Crippen LogP contribution is 2.46. The number of nitrogens with zero attached hydrogens (tertiary/aromatic N) is 1. The van der Waals surface area contributed by atoms with Crippen molar-refractivity contribution in [1.29, 1.82) is 0 Å². The van der Waals surface area contributed by atoms with E-state index in [4.69, 9.17) is 23.8 Å². The van der Waals surface area contributed by atoms with Gasteiger partial charge < -0.3 is 23.8 Å². The summed E-state index contributed by atoms with van der Waals surface area (Å²) in [7, 11) is 6.46. The standard InChI is InChI=1S/C31H47NO6/c1-7-9-10-11-12-13-14-15-16-17-19-24(32-38-28(33)18-8-2)23-22-27(36-5)29-25(34-3)20-21-26(35-4)30(29)31(23)37-6/h20-22H,7-19H2,1-6H3. The molecule has 0 fully saturated rings. The maximum absolute atomic E-state index is 12.2. The number of oxime groups is 1. The zero-order valence-electron chi connectivity index (χ0n) is 24.3. The highest BCUT2D eigenvalue weighted by atomic mass is 16.7. The van der Waals surface area contributed by atoms with Crippen LogP contribution in [0.4, 0.5) is 0 Å². The third-order valence-corrected chi connectivity index (χ3v) is 6.78. The van der Waals surface area contributed by atoms with Gasteiger partial charge in [0.2, 0.25) is 0 Å². The molecule has 0 aliphatic carbocycles.